The van der Waals surface area contributed by atoms with Gasteiger partial charge in [-0.1, -0.05) is 43.4 Å². The fraction of sp³-hybridized carbons (Fsp3) is 0.364. The molecule has 0 atom stereocenters. The van der Waals surface area contributed by atoms with Crippen LogP contribution < -0.4 is 4.90 Å². The van der Waals surface area contributed by atoms with Crippen LogP contribution in [-0.4, -0.2) is 47.7 Å². The molecule has 1 heterocycles. The molecule has 4 nitrogen and oxygen atoms in total. The zero-order chi connectivity index (χ0) is 20.6. The first kappa shape index (κ1) is 24.6. The van der Waals surface area contributed by atoms with Crippen LogP contribution in [0, 0.1) is 5.82 Å². The summed E-state index contributed by atoms with van der Waals surface area (Å²) in [4.78, 5) is 22.9. The first-order valence-corrected chi connectivity index (χ1v) is 11.7. The van der Waals surface area contributed by atoms with Crippen LogP contribution >= 0.6 is 35.5 Å². The van der Waals surface area contributed by atoms with Crippen LogP contribution in [0.3, 0.4) is 0 Å². The Morgan fingerprint density at radius 1 is 1.10 bits per heavy atom. The summed E-state index contributed by atoms with van der Waals surface area (Å²) >= 11 is 3.05. The van der Waals surface area contributed by atoms with Gasteiger partial charge in [0.25, 0.3) is 0 Å². The Kier molecular flexibility index (Phi) is 10.0. The summed E-state index contributed by atoms with van der Waals surface area (Å²) in [5.41, 5.74) is 0.727. The van der Waals surface area contributed by atoms with Crippen molar-refractivity contribution in [2.24, 2.45) is 0 Å². The summed E-state index contributed by atoms with van der Waals surface area (Å²) < 4.78 is 14.3. The number of halogens is 2. The average Bonchev–Trinajstić information content (AvgIpc) is 3.14. The highest BCUT2D eigenvalue weighted by Crippen LogP contribution is 2.30. The minimum Gasteiger partial charge on any atom is -0.302 e. The number of hydrogen-bond donors (Lipinski definition) is 0. The number of benzene rings is 2. The number of anilines is 1. The molecule has 30 heavy (non-hydrogen) atoms. The molecule has 0 fully saturated rings. The molecule has 0 bridgehead atoms. The molecule has 8 heteroatoms. The van der Waals surface area contributed by atoms with E-state index in [0.717, 1.165) is 34.7 Å². The van der Waals surface area contributed by atoms with Crippen LogP contribution in [0.25, 0.3) is 10.2 Å². The summed E-state index contributed by atoms with van der Waals surface area (Å²) in [5, 5.41) is 0.646. The molecule has 0 aliphatic carbocycles. The third-order valence-electron chi connectivity index (χ3n) is 4.73. The summed E-state index contributed by atoms with van der Waals surface area (Å²) in [5.74, 6) is 0.484. The van der Waals surface area contributed by atoms with Crippen molar-refractivity contribution in [1.29, 1.82) is 0 Å². The number of carbonyl (C=O) groups is 1. The molecule has 0 aliphatic heterocycles. The lowest BCUT2D eigenvalue weighted by atomic mass is 10.3. The van der Waals surface area contributed by atoms with Gasteiger partial charge >= 0.3 is 0 Å². The topological polar surface area (TPSA) is 36.4 Å². The molecule has 0 radical (unpaired) electrons. The minimum atomic E-state index is -0.284. The van der Waals surface area contributed by atoms with Crippen molar-refractivity contribution in [3.8, 4) is 0 Å². The van der Waals surface area contributed by atoms with E-state index in [1.54, 1.807) is 22.7 Å². The average molecular weight is 468 g/mol. The Balaban J connectivity index is 0.00000320. The fourth-order valence-electron chi connectivity index (χ4n) is 3.02. The van der Waals surface area contributed by atoms with E-state index in [1.165, 1.54) is 23.5 Å². The van der Waals surface area contributed by atoms with E-state index in [-0.39, 0.29) is 24.1 Å². The fourth-order valence-corrected chi connectivity index (χ4v) is 4.91. The number of rotatable bonds is 10. The number of likely N-dealkylation sites (N-methyl/N-ethyl adjacent to an activating group) is 1. The van der Waals surface area contributed by atoms with Crippen molar-refractivity contribution in [2.45, 2.75) is 25.2 Å². The summed E-state index contributed by atoms with van der Waals surface area (Å²) in [6.45, 7) is 7.48. The van der Waals surface area contributed by atoms with Gasteiger partial charge in [-0.2, -0.15) is 0 Å². The molecule has 0 saturated carbocycles. The van der Waals surface area contributed by atoms with Gasteiger partial charge < -0.3 is 4.90 Å². The summed E-state index contributed by atoms with van der Waals surface area (Å²) in [6.07, 6.45) is 0.433. The number of carbonyl (C=O) groups excluding carboxylic acids is 1. The van der Waals surface area contributed by atoms with E-state index in [9.17, 15) is 9.18 Å². The van der Waals surface area contributed by atoms with E-state index in [4.69, 9.17) is 0 Å². The zero-order valence-corrected chi connectivity index (χ0v) is 19.7. The first-order chi connectivity index (χ1) is 14.1. The quantitative estimate of drug-likeness (QED) is 0.357. The zero-order valence-electron chi connectivity index (χ0n) is 17.2. The molecule has 162 valence electrons. The maximum atomic E-state index is 13.6. The van der Waals surface area contributed by atoms with Crippen LogP contribution in [0.4, 0.5) is 9.52 Å². The number of thioether (sulfide) groups is 1. The monoisotopic (exact) mass is 467 g/mol. The van der Waals surface area contributed by atoms with Gasteiger partial charge in [-0.3, -0.25) is 9.69 Å². The van der Waals surface area contributed by atoms with Crippen LogP contribution in [0.2, 0.25) is 0 Å². The van der Waals surface area contributed by atoms with E-state index in [1.807, 2.05) is 18.2 Å². The third-order valence-corrected chi connectivity index (χ3v) is 6.79. The molecule has 1 amide bonds. The lowest BCUT2D eigenvalue weighted by Crippen LogP contribution is -2.39. The third kappa shape index (κ3) is 6.67. The highest BCUT2D eigenvalue weighted by Gasteiger charge is 2.20. The van der Waals surface area contributed by atoms with Gasteiger partial charge in [0, 0.05) is 30.2 Å². The molecule has 1 aromatic heterocycles. The molecule has 0 unspecified atom stereocenters. The second-order valence-corrected chi connectivity index (χ2v) is 8.77. The number of thiazole rings is 1. The van der Waals surface area contributed by atoms with Crippen LogP contribution in [-0.2, 0) is 4.79 Å². The molecular weight excluding hydrogens is 441 g/mol. The Labute approximate surface area is 191 Å². The molecule has 0 aliphatic rings. The SMILES string of the molecule is CCN(CC)CCN(C(=O)CCSc1ccccc1)c1nc2ccc(F)cc2s1.Cl. The highest BCUT2D eigenvalue weighted by molar-refractivity contribution is 7.99. The molecule has 2 aromatic carbocycles. The van der Waals surface area contributed by atoms with Gasteiger partial charge in [0.2, 0.25) is 5.91 Å². The summed E-state index contributed by atoms with van der Waals surface area (Å²) in [7, 11) is 0. The van der Waals surface area contributed by atoms with Gasteiger partial charge in [-0.15, -0.1) is 24.2 Å². The number of hydrogen-bond acceptors (Lipinski definition) is 5. The van der Waals surface area contributed by atoms with Crippen molar-refractivity contribution in [3.63, 3.8) is 0 Å². The van der Waals surface area contributed by atoms with Crippen molar-refractivity contribution < 1.29 is 9.18 Å². The molecular formula is C22H27ClFN3OS2. The number of aromatic nitrogens is 1. The molecule has 0 saturated heterocycles. The standard InChI is InChI=1S/C22H26FN3OS2.ClH/c1-3-25(4-2)13-14-26(21(27)12-15-28-18-8-6-5-7-9-18)22-24-19-11-10-17(23)16-20(19)29-22;/h5-11,16H,3-4,12-15H2,1-2H3;1H. The Hall–Kier alpha value is -1.67. The molecule has 0 spiro atoms. The van der Waals surface area contributed by atoms with E-state index in [0.29, 0.717) is 23.8 Å². The van der Waals surface area contributed by atoms with E-state index >= 15 is 0 Å². The van der Waals surface area contributed by atoms with Crippen LogP contribution in [0.15, 0.2) is 53.4 Å². The second-order valence-electron chi connectivity index (χ2n) is 6.59. The van der Waals surface area contributed by atoms with Crippen molar-refractivity contribution in [2.75, 3.05) is 36.8 Å². The Bertz CT molecular complexity index is 935. The van der Waals surface area contributed by atoms with Crippen molar-refractivity contribution in [1.82, 2.24) is 9.88 Å². The Morgan fingerprint density at radius 3 is 2.53 bits per heavy atom. The maximum absolute atomic E-state index is 13.6. The predicted octanol–water partition coefficient (Wildman–Crippen LogP) is 5.71. The van der Waals surface area contributed by atoms with Gasteiger partial charge in [0.05, 0.1) is 10.2 Å². The smallest absolute Gasteiger partial charge is 0.229 e. The van der Waals surface area contributed by atoms with E-state index in [2.05, 4.69) is 35.9 Å². The molecule has 3 rings (SSSR count). The Morgan fingerprint density at radius 2 is 1.83 bits per heavy atom. The largest absolute Gasteiger partial charge is 0.302 e. The van der Waals surface area contributed by atoms with Gasteiger partial charge in [0.1, 0.15) is 5.82 Å². The summed E-state index contributed by atoms with van der Waals surface area (Å²) in [6, 6.07) is 14.6. The minimum absolute atomic E-state index is 0. The highest BCUT2D eigenvalue weighted by atomic mass is 35.5. The van der Waals surface area contributed by atoms with Crippen LogP contribution in [0.5, 0.6) is 0 Å². The van der Waals surface area contributed by atoms with Gasteiger partial charge in [-0.05, 0) is 43.4 Å². The number of fused-ring (bicyclic) bond motifs is 1. The van der Waals surface area contributed by atoms with Crippen molar-refractivity contribution in [3.05, 3.63) is 54.3 Å². The number of amides is 1. The first-order valence-electron chi connectivity index (χ1n) is 9.87. The normalized spacial score (nSPS) is 10.9. The molecule has 3 aromatic rings. The van der Waals surface area contributed by atoms with Gasteiger partial charge in [0.15, 0.2) is 5.13 Å². The van der Waals surface area contributed by atoms with Crippen LogP contribution in [0.1, 0.15) is 20.3 Å². The lowest BCUT2D eigenvalue weighted by molar-refractivity contribution is -0.118. The maximum Gasteiger partial charge on any atom is 0.229 e. The second kappa shape index (κ2) is 12.2. The molecule has 0 N–H and O–H groups in total. The predicted molar refractivity (Wildman–Crippen MR) is 129 cm³/mol. The lowest BCUT2D eigenvalue weighted by Gasteiger charge is -2.24. The number of nitrogens with zero attached hydrogens (tertiary/aromatic N) is 3. The van der Waals surface area contributed by atoms with E-state index < -0.39 is 0 Å². The van der Waals surface area contributed by atoms with Gasteiger partial charge in [-0.25, -0.2) is 9.37 Å². The van der Waals surface area contributed by atoms with Crippen molar-refractivity contribution >= 4 is 56.8 Å².